The Bertz CT molecular complexity index is 400. The van der Waals surface area contributed by atoms with Gasteiger partial charge in [-0.05, 0) is 17.6 Å². The molecule has 0 spiro atoms. The van der Waals surface area contributed by atoms with E-state index in [1.165, 1.54) is 11.5 Å². The van der Waals surface area contributed by atoms with Crippen molar-refractivity contribution in [2.45, 2.75) is 6.54 Å². The Labute approximate surface area is 84.4 Å². The first-order valence-corrected chi connectivity index (χ1v) is 4.70. The van der Waals surface area contributed by atoms with E-state index in [-0.39, 0.29) is 0 Å². The summed E-state index contributed by atoms with van der Waals surface area (Å²) in [6.45, 7) is 0.612. The molecular formula is C7H8N6S. The second-order valence-corrected chi connectivity index (χ2v) is 3.41. The molecule has 0 aliphatic rings. The van der Waals surface area contributed by atoms with Crippen LogP contribution < -0.4 is 11.1 Å². The van der Waals surface area contributed by atoms with E-state index >= 15 is 0 Å². The molecule has 0 aliphatic heterocycles. The fourth-order valence-electron chi connectivity index (χ4n) is 0.889. The molecule has 0 aromatic carbocycles. The molecule has 0 fully saturated rings. The highest BCUT2D eigenvalue weighted by Crippen LogP contribution is 2.06. The summed E-state index contributed by atoms with van der Waals surface area (Å²) in [6.07, 6.45) is 3.31. The van der Waals surface area contributed by atoms with Gasteiger partial charge in [0.15, 0.2) is 0 Å². The van der Waals surface area contributed by atoms with Gasteiger partial charge in [-0.3, -0.25) is 0 Å². The van der Waals surface area contributed by atoms with E-state index in [2.05, 4.69) is 24.9 Å². The van der Waals surface area contributed by atoms with Gasteiger partial charge in [-0.1, -0.05) is 4.49 Å². The SMILES string of the molecule is Nc1ccnc(NCc2cnns2)n1. The Morgan fingerprint density at radius 3 is 3.14 bits per heavy atom. The molecular weight excluding hydrogens is 200 g/mol. The molecule has 2 aromatic rings. The van der Waals surface area contributed by atoms with Crippen LogP contribution in [0.4, 0.5) is 11.8 Å². The first kappa shape index (κ1) is 8.82. The number of hydrogen-bond donors (Lipinski definition) is 2. The maximum atomic E-state index is 5.49. The maximum absolute atomic E-state index is 5.49. The van der Waals surface area contributed by atoms with E-state index in [0.29, 0.717) is 18.3 Å². The Hall–Kier alpha value is -1.76. The normalized spacial score (nSPS) is 10.0. The Kier molecular flexibility index (Phi) is 2.50. The zero-order chi connectivity index (χ0) is 9.80. The number of nitrogen functional groups attached to an aromatic ring is 1. The van der Waals surface area contributed by atoms with Crippen LogP contribution in [0.25, 0.3) is 0 Å². The molecule has 2 heterocycles. The third-order valence-corrected chi connectivity index (χ3v) is 2.16. The van der Waals surface area contributed by atoms with Crippen molar-refractivity contribution in [3.8, 4) is 0 Å². The molecule has 0 aliphatic carbocycles. The summed E-state index contributed by atoms with van der Waals surface area (Å²) in [7, 11) is 0. The van der Waals surface area contributed by atoms with Crippen molar-refractivity contribution in [2.75, 3.05) is 11.1 Å². The lowest BCUT2D eigenvalue weighted by molar-refractivity contribution is 1.06. The maximum Gasteiger partial charge on any atom is 0.224 e. The fourth-order valence-corrected chi connectivity index (χ4v) is 1.32. The number of aromatic nitrogens is 4. The van der Waals surface area contributed by atoms with E-state index in [1.54, 1.807) is 18.5 Å². The smallest absolute Gasteiger partial charge is 0.224 e. The van der Waals surface area contributed by atoms with Crippen LogP contribution in [0, 0.1) is 0 Å². The van der Waals surface area contributed by atoms with Gasteiger partial charge in [-0.2, -0.15) is 4.98 Å². The van der Waals surface area contributed by atoms with Crippen LogP contribution in [0.2, 0.25) is 0 Å². The molecule has 6 nitrogen and oxygen atoms in total. The highest BCUT2D eigenvalue weighted by molar-refractivity contribution is 7.05. The highest BCUT2D eigenvalue weighted by atomic mass is 32.1. The predicted octanol–water partition coefficient (Wildman–Crippen LogP) is 0.522. The van der Waals surface area contributed by atoms with Crippen molar-refractivity contribution in [3.05, 3.63) is 23.3 Å². The van der Waals surface area contributed by atoms with Crippen molar-refractivity contribution < 1.29 is 0 Å². The largest absolute Gasteiger partial charge is 0.384 e. The van der Waals surface area contributed by atoms with Gasteiger partial charge in [0.2, 0.25) is 5.95 Å². The van der Waals surface area contributed by atoms with Gasteiger partial charge in [0.1, 0.15) is 5.82 Å². The Morgan fingerprint density at radius 2 is 2.43 bits per heavy atom. The molecule has 72 valence electrons. The van der Waals surface area contributed by atoms with E-state index in [0.717, 1.165) is 4.88 Å². The summed E-state index contributed by atoms with van der Waals surface area (Å²) in [4.78, 5) is 9.02. The van der Waals surface area contributed by atoms with E-state index in [4.69, 9.17) is 5.73 Å². The summed E-state index contributed by atoms with van der Waals surface area (Å²) in [5, 5.41) is 6.73. The number of rotatable bonds is 3. The van der Waals surface area contributed by atoms with Gasteiger partial charge in [-0.15, -0.1) is 5.10 Å². The van der Waals surface area contributed by atoms with Crippen LogP contribution in [-0.2, 0) is 6.54 Å². The topological polar surface area (TPSA) is 89.6 Å². The van der Waals surface area contributed by atoms with Crippen molar-refractivity contribution in [2.24, 2.45) is 0 Å². The molecule has 0 saturated carbocycles. The van der Waals surface area contributed by atoms with Crippen LogP contribution >= 0.6 is 11.5 Å². The van der Waals surface area contributed by atoms with Gasteiger partial charge < -0.3 is 11.1 Å². The number of hydrogen-bond acceptors (Lipinski definition) is 7. The molecule has 0 unspecified atom stereocenters. The first-order valence-electron chi connectivity index (χ1n) is 3.93. The Morgan fingerprint density at radius 1 is 1.50 bits per heavy atom. The van der Waals surface area contributed by atoms with Crippen molar-refractivity contribution in [3.63, 3.8) is 0 Å². The molecule has 2 aromatic heterocycles. The second-order valence-electron chi connectivity index (χ2n) is 2.54. The van der Waals surface area contributed by atoms with Gasteiger partial charge >= 0.3 is 0 Å². The summed E-state index contributed by atoms with van der Waals surface area (Å²) in [5.74, 6) is 0.961. The molecule has 3 N–H and O–H groups in total. The highest BCUT2D eigenvalue weighted by Gasteiger charge is 1.98. The van der Waals surface area contributed by atoms with E-state index < -0.39 is 0 Å². The summed E-state index contributed by atoms with van der Waals surface area (Å²) in [6, 6.07) is 1.64. The van der Waals surface area contributed by atoms with Gasteiger partial charge in [-0.25, -0.2) is 4.98 Å². The van der Waals surface area contributed by atoms with Gasteiger partial charge in [0.25, 0.3) is 0 Å². The minimum absolute atomic E-state index is 0.449. The van der Waals surface area contributed by atoms with Gasteiger partial charge in [0.05, 0.1) is 17.6 Å². The third-order valence-electron chi connectivity index (χ3n) is 1.50. The standard InChI is InChI=1S/C7H8N6S/c8-6-1-2-9-7(12-6)10-3-5-4-11-13-14-5/h1-2,4H,3H2,(H3,8,9,10,12). The fraction of sp³-hybridized carbons (Fsp3) is 0.143. The van der Waals surface area contributed by atoms with Crippen LogP contribution in [-0.4, -0.2) is 19.6 Å². The summed E-state index contributed by atoms with van der Waals surface area (Å²) >= 11 is 1.34. The van der Waals surface area contributed by atoms with Crippen molar-refractivity contribution in [1.29, 1.82) is 0 Å². The molecule has 0 amide bonds. The first-order chi connectivity index (χ1) is 6.84. The number of nitrogens with zero attached hydrogens (tertiary/aromatic N) is 4. The zero-order valence-electron chi connectivity index (χ0n) is 7.21. The lowest BCUT2D eigenvalue weighted by Crippen LogP contribution is -2.03. The molecule has 14 heavy (non-hydrogen) atoms. The molecule has 0 radical (unpaired) electrons. The number of anilines is 2. The molecule has 7 heteroatoms. The van der Waals surface area contributed by atoms with Crippen molar-refractivity contribution in [1.82, 2.24) is 19.6 Å². The van der Waals surface area contributed by atoms with Crippen LogP contribution in [0.1, 0.15) is 4.88 Å². The zero-order valence-corrected chi connectivity index (χ0v) is 8.03. The molecule has 0 saturated heterocycles. The van der Waals surface area contributed by atoms with Crippen LogP contribution in [0.5, 0.6) is 0 Å². The lowest BCUT2D eigenvalue weighted by Gasteiger charge is -2.01. The predicted molar refractivity (Wildman–Crippen MR) is 53.7 cm³/mol. The second kappa shape index (κ2) is 3.97. The monoisotopic (exact) mass is 208 g/mol. The van der Waals surface area contributed by atoms with Crippen molar-refractivity contribution >= 4 is 23.3 Å². The lowest BCUT2D eigenvalue weighted by atomic mass is 10.5. The number of nitrogens with one attached hydrogen (secondary N) is 1. The summed E-state index contributed by atoms with van der Waals surface area (Å²) < 4.78 is 3.74. The minimum Gasteiger partial charge on any atom is -0.384 e. The molecule has 0 bridgehead atoms. The van der Waals surface area contributed by atoms with Crippen LogP contribution in [0.3, 0.4) is 0 Å². The van der Waals surface area contributed by atoms with E-state index in [1.807, 2.05) is 0 Å². The average molecular weight is 208 g/mol. The average Bonchev–Trinajstić information content (AvgIpc) is 2.67. The molecule has 2 rings (SSSR count). The van der Waals surface area contributed by atoms with Crippen LogP contribution in [0.15, 0.2) is 18.5 Å². The quantitative estimate of drug-likeness (QED) is 0.764. The van der Waals surface area contributed by atoms with Gasteiger partial charge in [0, 0.05) is 6.20 Å². The molecule has 0 atom stereocenters. The Balaban J connectivity index is 1.98. The number of nitrogens with two attached hydrogens (primary N) is 1. The third kappa shape index (κ3) is 2.13. The minimum atomic E-state index is 0.449. The van der Waals surface area contributed by atoms with E-state index in [9.17, 15) is 0 Å². The summed E-state index contributed by atoms with van der Waals surface area (Å²) in [5.41, 5.74) is 5.49.